The number of hydrogen-bond donors (Lipinski definition) is 0. The van der Waals surface area contributed by atoms with Crippen molar-refractivity contribution in [2.45, 2.75) is 13.8 Å². The summed E-state index contributed by atoms with van der Waals surface area (Å²) in [7, 11) is 1.94. The molecule has 0 aliphatic carbocycles. The molecule has 1 aromatic carbocycles. The van der Waals surface area contributed by atoms with E-state index in [1.807, 2.05) is 36.7 Å². The van der Waals surface area contributed by atoms with E-state index >= 15 is 0 Å². The fraction of sp³-hybridized carbons (Fsp3) is 0.214. The van der Waals surface area contributed by atoms with Gasteiger partial charge in [-0.2, -0.15) is 0 Å². The third-order valence-electron chi connectivity index (χ3n) is 2.62. The highest BCUT2D eigenvalue weighted by atomic mass is 14.9. The Hall–Kier alpha value is -1.63. The second-order valence-corrected chi connectivity index (χ2v) is 3.89. The maximum atomic E-state index is 7.97. The van der Waals surface area contributed by atoms with Crippen molar-refractivity contribution in [3.8, 4) is 11.3 Å². The van der Waals surface area contributed by atoms with Crippen LogP contribution in [0.25, 0.3) is 11.3 Å². The van der Waals surface area contributed by atoms with E-state index in [2.05, 4.69) is 25.1 Å². The summed E-state index contributed by atoms with van der Waals surface area (Å²) in [6.07, 6.45) is 0.570. The van der Waals surface area contributed by atoms with Crippen molar-refractivity contribution in [2.24, 2.45) is 7.05 Å². The number of pyridine rings is 1. The highest BCUT2D eigenvalue weighted by molar-refractivity contribution is 5.60. The standard InChI is InChI=1S/C14H16N/c1-11-8-9-14(15(3)10-11)13-7-5-4-6-12(13)2/h4-10H,1-3H3/q+1/i10D. The lowest BCUT2D eigenvalue weighted by Gasteiger charge is -2.03. The van der Waals surface area contributed by atoms with Crippen LogP contribution in [0.5, 0.6) is 0 Å². The molecule has 2 rings (SSSR count). The van der Waals surface area contributed by atoms with E-state index < -0.39 is 0 Å². The Labute approximate surface area is 92.4 Å². The third-order valence-corrected chi connectivity index (χ3v) is 2.62. The molecule has 15 heavy (non-hydrogen) atoms. The first-order chi connectivity index (χ1) is 7.61. The highest BCUT2D eigenvalue weighted by Crippen LogP contribution is 2.19. The Morgan fingerprint density at radius 3 is 2.53 bits per heavy atom. The van der Waals surface area contributed by atoms with Gasteiger partial charge < -0.3 is 0 Å². The van der Waals surface area contributed by atoms with Crippen LogP contribution in [-0.2, 0) is 7.05 Å². The first kappa shape index (κ1) is 8.66. The lowest BCUT2D eigenvalue weighted by Crippen LogP contribution is -2.30. The van der Waals surface area contributed by atoms with E-state index in [1.54, 1.807) is 0 Å². The van der Waals surface area contributed by atoms with Crippen molar-refractivity contribution in [1.82, 2.24) is 0 Å². The fourth-order valence-electron chi connectivity index (χ4n) is 1.81. The molecule has 1 nitrogen and oxygen atoms in total. The summed E-state index contributed by atoms with van der Waals surface area (Å²) in [6, 6.07) is 12.3. The summed E-state index contributed by atoms with van der Waals surface area (Å²) >= 11 is 0. The zero-order valence-corrected chi connectivity index (χ0v) is 9.41. The van der Waals surface area contributed by atoms with Crippen LogP contribution in [-0.4, -0.2) is 0 Å². The normalized spacial score (nSPS) is 11.3. The lowest BCUT2D eigenvalue weighted by molar-refractivity contribution is -0.660. The van der Waals surface area contributed by atoms with Crippen molar-refractivity contribution in [1.29, 1.82) is 0 Å². The molecule has 2 aromatic rings. The van der Waals surface area contributed by atoms with E-state index in [9.17, 15) is 0 Å². The largest absolute Gasteiger partial charge is 0.212 e. The van der Waals surface area contributed by atoms with Crippen molar-refractivity contribution in [3.05, 3.63) is 53.7 Å². The third kappa shape index (κ3) is 1.91. The summed E-state index contributed by atoms with van der Waals surface area (Å²) in [5.74, 6) is 0. The number of aryl methyl sites for hydroxylation is 2. The van der Waals surface area contributed by atoms with Crippen LogP contribution in [0.15, 0.2) is 42.6 Å². The average Bonchev–Trinajstić information content (AvgIpc) is 2.28. The van der Waals surface area contributed by atoms with Crippen LogP contribution in [0, 0.1) is 13.8 Å². The quantitative estimate of drug-likeness (QED) is 0.622. The van der Waals surface area contributed by atoms with Gasteiger partial charge in [0.25, 0.3) is 0 Å². The Balaban J connectivity index is 2.66. The van der Waals surface area contributed by atoms with Gasteiger partial charge in [-0.05, 0) is 31.5 Å². The van der Waals surface area contributed by atoms with Crippen LogP contribution < -0.4 is 4.57 Å². The SMILES string of the molecule is [2H]c1c(C)ccc(-c2ccccc2C)[n+]1C. The molecule has 0 spiro atoms. The Morgan fingerprint density at radius 2 is 1.80 bits per heavy atom. The van der Waals surface area contributed by atoms with Gasteiger partial charge in [0.15, 0.2) is 6.17 Å². The van der Waals surface area contributed by atoms with Crippen LogP contribution in [0.2, 0.25) is 0 Å². The molecule has 0 radical (unpaired) electrons. The number of benzene rings is 1. The summed E-state index contributed by atoms with van der Waals surface area (Å²) < 4.78 is 9.90. The van der Waals surface area contributed by atoms with Crippen molar-refractivity contribution < 1.29 is 5.94 Å². The van der Waals surface area contributed by atoms with Gasteiger partial charge in [-0.15, -0.1) is 0 Å². The van der Waals surface area contributed by atoms with Crippen molar-refractivity contribution in [2.75, 3.05) is 0 Å². The summed E-state index contributed by atoms with van der Waals surface area (Å²) in [5.41, 5.74) is 4.52. The Kier molecular flexibility index (Phi) is 2.23. The van der Waals surface area contributed by atoms with Crippen LogP contribution in [0.3, 0.4) is 0 Å². The fourth-order valence-corrected chi connectivity index (χ4v) is 1.81. The molecule has 1 heterocycles. The topological polar surface area (TPSA) is 3.88 Å². The molecule has 0 N–H and O–H groups in total. The molecule has 0 saturated heterocycles. The second kappa shape index (κ2) is 3.85. The van der Waals surface area contributed by atoms with Gasteiger partial charge in [0.2, 0.25) is 5.69 Å². The van der Waals surface area contributed by atoms with Crippen molar-refractivity contribution in [3.63, 3.8) is 0 Å². The van der Waals surface area contributed by atoms with Crippen LogP contribution in [0.1, 0.15) is 12.5 Å². The molecule has 1 aromatic heterocycles. The monoisotopic (exact) mass is 199 g/mol. The van der Waals surface area contributed by atoms with Crippen molar-refractivity contribution >= 4 is 0 Å². The number of aromatic nitrogens is 1. The van der Waals surface area contributed by atoms with Gasteiger partial charge in [-0.1, -0.05) is 18.2 Å². The van der Waals surface area contributed by atoms with Crippen LogP contribution in [0.4, 0.5) is 0 Å². The first-order valence-corrected chi connectivity index (χ1v) is 5.13. The molecular weight excluding hydrogens is 182 g/mol. The molecule has 0 unspecified atom stereocenters. The summed E-state index contributed by atoms with van der Waals surface area (Å²) in [6.45, 7) is 4.06. The highest BCUT2D eigenvalue weighted by Gasteiger charge is 2.10. The minimum absolute atomic E-state index is 0.570. The maximum absolute atomic E-state index is 7.97. The Morgan fingerprint density at radius 1 is 1.07 bits per heavy atom. The predicted octanol–water partition coefficient (Wildman–Crippen LogP) is 2.79. The predicted molar refractivity (Wildman–Crippen MR) is 62.5 cm³/mol. The molecular formula is C14H16N+. The number of hydrogen-bond acceptors (Lipinski definition) is 0. The van der Waals surface area contributed by atoms with Gasteiger partial charge in [-0.3, -0.25) is 0 Å². The first-order valence-electron chi connectivity index (χ1n) is 5.63. The van der Waals surface area contributed by atoms with E-state index in [0.717, 1.165) is 11.3 Å². The minimum Gasteiger partial charge on any atom is -0.201 e. The van der Waals surface area contributed by atoms with E-state index in [-0.39, 0.29) is 0 Å². The molecule has 0 atom stereocenters. The van der Waals surface area contributed by atoms with E-state index in [1.165, 1.54) is 11.1 Å². The molecule has 1 heteroatoms. The smallest absolute Gasteiger partial charge is 0.201 e. The lowest BCUT2D eigenvalue weighted by atomic mass is 10.0. The van der Waals surface area contributed by atoms with E-state index in [0.29, 0.717) is 6.17 Å². The molecule has 0 fully saturated rings. The summed E-state index contributed by atoms with van der Waals surface area (Å²) in [5, 5.41) is 0. The average molecular weight is 199 g/mol. The molecule has 76 valence electrons. The zero-order chi connectivity index (χ0) is 11.7. The van der Waals surface area contributed by atoms with Gasteiger partial charge >= 0.3 is 0 Å². The number of rotatable bonds is 1. The van der Waals surface area contributed by atoms with Gasteiger partial charge in [0.05, 0.1) is 0 Å². The van der Waals surface area contributed by atoms with Gasteiger partial charge in [0.1, 0.15) is 8.42 Å². The van der Waals surface area contributed by atoms with E-state index in [4.69, 9.17) is 1.37 Å². The van der Waals surface area contributed by atoms with Gasteiger partial charge in [-0.25, -0.2) is 4.57 Å². The molecule has 0 aliphatic heterocycles. The molecule has 0 saturated carbocycles. The number of nitrogens with zero attached hydrogens (tertiary/aromatic N) is 1. The second-order valence-electron chi connectivity index (χ2n) is 3.89. The molecule has 0 bridgehead atoms. The van der Waals surface area contributed by atoms with Crippen LogP contribution >= 0.6 is 0 Å². The summed E-state index contributed by atoms with van der Waals surface area (Å²) in [4.78, 5) is 0. The maximum Gasteiger partial charge on any atom is 0.212 e. The molecule has 0 amide bonds. The zero-order valence-electron chi connectivity index (χ0n) is 10.4. The Bertz CT molecular complexity index is 532. The van der Waals surface area contributed by atoms with Gasteiger partial charge in [0, 0.05) is 17.2 Å². The minimum atomic E-state index is 0.570. The molecule has 0 aliphatic rings.